The van der Waals surface area contributed by atoms with Crippen molar-refractivity contribution in [2.75, 3.05) is 24.2 Å². The van der Waals surface area contributed by atoms with Crippen molar-refractivity contribution in [3.05, 3.63) is 54.1 Å². The number of thioether (sulfide) groups is 1. The number of nitrogens with zero attached hydrogens (tertiary/aromatic N) is 1. The topological polar surface area (TPSA) is 66.5 Å². The third kappa shape index (κ3) is 4.85. The highest BCUT2D eigenvalue weighted by molar-refractivity contribution is 8.00. The Kier molecular flexibility index (Phi) is 6.13. The van der Waals surface area contributed by atoms with E-state index >= 15 is 0 Å². The second-order valence-electron chi connectivity index (χ2n) is 6.05. The highest BCUT2D eigenvalue weighted by atomic mass is 32.2. The molecule has 0 unspecified atom stereocenters. The van der Waals surface area contributed by atoms with Gasteiger partial charge < -0.3 is 5.32 Å². The van der Waals surface area contributed by atoms with E-state index in [-0.39, 0.29) is 21.5 Å². The molecule has 0 aliphatic carbocycles. The van der Waals surface area contributed by atoms with Crippen LogP contribution in [0.3, 0.4) is 0 Å². The number of halogens is 2. The quantitative estimate of drug-likeness (QED) is 0.738. The van der Waals surface area contributed by atoms with Gasteiger partial charge in [-0.15, -0.1) is 11.8 Å². The van der Waals surface area contributed by atoms with Gasteiger partial charge in [-0.1, -0.05) is 0 Å². The first-order valence-corrected chi connectivity index (χ1v) is 10.8. The summed E-state index contributed by atoms with van der Waals surface area (Å²) in [6.45, 7) is 1.05. The minimum Gasteiger partial charge on any atom is -0.325 e. The number of rotatable bonds is 6. The molecule has 1 saturated heterocycles. The Labute approximate surface area is 160 Å². The molecule has 0 aromatic heterocycles. The van der Waals surface area contributed by atoms with Crippen LogP contribution in [0.1, 0.15) is 12.8 Å². The standard InChI is InChI=1S/C18H18F2N2O3S2/c19-13-3-8-17(16(20)11-13)26-12-18(23)21-14-4-6-15(7-5-14)27(24,25)22-9-1-2-10-22/h3-8,11H,1-2,9-10,12H2,(H,21,23). The SMILES string of the molecule is O=C(CSc1ccc(F)cc1F)Nc1ccc(S(=O)(=O)N2CCCC2)cc1. The van der Waals surface area contributed by atoms with Gasteiger partial charge in [0.15, 0.2) is 0 Å². The fourth-order valence-electron chi connectivity index (χ4n) is 2.72. The van der Waals surface area contributed by atoms with E-state index in [1.807, 2.05) is 0 Å². The van der Waals surface area contributed by atoms with Crippen LogP contribution in [0.4, 0.5) is 14.5 Å². The number of amides is 1. The van der Waals surface area contributed by atoms with E-state index in [0.29, 0.717) is 18.8 Å². The molecule has 2 aromatic rings. The molecule has 9 heteroatoms. The molecular formula is C18H18F2N2O3S2. The Morgan fingerprint density at radius 1 is 1.07 bits per heavy atom. The molecule has 0 atom stereocenters. The van der Waals surface area contributed by atoms with E-state index in [1.165, 1.54) is 34.6 Å². The number of nitrogens with one attached hydrogen (secondary N) is 1. The van der Waals surface area contributed by atoms with Crippen LogP contribution < -0.4 is 5.32 Å². The number of carbonyl (C=O) groups is 1. The second kappa shape index (κ2) is 8.37. The maximum Gasteiger partial charge on any atom is 0.243 e. The summed E-state index contributed by atoms with van der Waals surface area (Å²) < 4.78 is 52.8. The minimum absolute atomic E-state index is 0.0591. The van der Waals surface area contributed by atoms with E-state index in [2.05, 4.69) is 5.32 Å². The number of hydrogen-bond donors (Lipinski definition) is 1. The summed E-state index contributed by atoms with van der Waals surface area (Å²) >= 11 is 0.951. The molecule has 27 heavy (non-hydrogen) atoms. The van der Waals surface area contributed by atoms with Crippen LogP contribution in [0.25, 0.3) is 0 Å². The maximum atomic E-state index is 13.6. The molecule has 1 aliphatic rings. The van der Waals surface area contributed by atoms with Crippen molar-refractivity contribution in [2.45, 2.75) is 22.6 Å². The molecule has 1 amide bonds. The van der Waals surface area contributed by atoms with Gasteiger partial charge in [-0.3, -0.25) is 4.79 Å². The summed E-state index contributed by atoms with van der Waals surface area (Å²) in [5, 5.41) is 2.63. The summed E-state index contributed by atoms with van der Waals surface area (Å²) in [6.07, 6.45) is 1.72. The lowest BCUT2D eigenvalue weighted by molar-refractivity contribution is -0.113. The molecule has 1 N–H and O–H groups in total. The lowest BCUT2D eigenvalue weighted by Gasteiger charge is -2.15. The van der Waals surface area contributed by atoms with Crippen molar-refractivity contribution in [3.8, 4) is 0 Å². The Hall–Kier alpha value is -1.97. The zero-order chi connectivity index (χ0) is 19.4. The maximum absolute atomic E-state index is 13.6. The molecule has 5 nitrogen and oxygen atoms in total. The van der Waals surface area contributed by atoms with Crippen molar-refractivity contribution < 1.29 is 22.0 Å². The molecule has 0 spiro atoms. The molecule has 1 fully saturated rings. The molecule has 1 heterocycles. The Morgan fingerprint density at radius 2 is 1.74 bits per heavy atom. The van der Waals surface area contributed by atoms with E-state index in [9.17, 15) is 22.0 Å². The number of anilines is 1. The highest BCUT2D eigenvalue weighted by Gasteiger charge is 2.26. The summed E-state index contributed by atoms with van der Waals surface area (Å²) in [5.41, 5.74) is 0.445. The minimum atomic E-state index is -3.49. The fraction of sp³-hybridized carbons (Fsp3) is 0.278. The molecule has 1 aliphatic heterocycles. The van der Waals surface area contributed by atoms with Crippen molar-refractivity contribution in [1.29, 1.82) is 0 Å². The number of sulfonamides is 1. The van der Waals surface area contributed by atoms with Crippen LogP contribution in [-0.4, -0.2) is 37.5 Å². The summed E-state index contributed by atoms with van der Waals surface area (Å²) in [6, 6.07) is 9.11. The van der Waals surface area contributed by atoms with Gasteiger partial charge in [0.25, 0.3) is 0 Å². The second-order valence-corrected chi connectivity index (χ2v) is 9.00. The largest absolute Gasteiger partial charge is 0.325 e. The predicted octanol–water partition coefficient (Wildman–Crippen LogP) is 3.48. The molecule has 2 aromatic carbocycles. The third-order valence-electron chi connectivity index (χ3n) is 4.09. The first kappa shape index (κ1) is 19.8. The Bertz CT molecular complexity index is 928. The predicted molar refractivity (Wildman–Crippen MR) is 100 cm³/mol. The molecule has 144 valence electrons. The smallest absolute Gasteiger partial charge is 0.243 e. The number of benzene rings is 2. The van der Waals surface area contributed by atoms with Crippen molar-refractivity contribution in [1.82, 2.24) is 4.31 Å². The van der Waals surface area contributed by atoms with Crippen LogP contribution >= 0.6 is 11.8 Å². The molecular weight excluding hydrogens is 394 g/mol. The highest BCUT2D eigenvalue weighted by Crippen LogP contribution is 2.24. The van der Waals surface area contributed by atoms with Crippen LogP contribution in [0.2, 0.25) is 0 Å². The average Bonchev–Trinajstić information content (AvgIpc) is 3.17. The lowest BCUT2D eigenvalue weighted by Crippen LogP contribution is -2.27. The first-order valence-electron chi connectivity index (χ1n) is 8.34. The van der Waals surface area contributed by atoms with Crippen molar-refractivity contribution in [2.24, 2.45) is 0 Å². The summed E-state index contributed by atoms with van der Waals surface area (Å²) in [5.74, 6) is -1.83. The van der Waals surface area contributed by atoms with Crippen LogP contribution in [-0.2, 0) is 14.8 Å². The van der Waals surface area contributed by atoms with E-state index in [0.717, 1.165) is 36.7 Å². The first-order chi connectivity index (χ1) is 12.9. The van der Waals surface area contributed by atoms with Crippen LogP contribution in [0.5, 0.6) is 0 Å². The zero-order valence-electron chi connectivity index (χ0n) is 14.3. The van der Waals surface area contributed by atoms with E-state index < -0.39 is 21.7 Å². The number of hydrogen-bond acceptors (Lipinski definition) is 4. The number of carbonyl (C=O) groups excluding carboxylic acids is 1. The van der Waals surface area contributed by atoms with E-state index in [1.54, 1.807) is 0 Å². The van der Waals surface area contributed by atoms with Gasteiger partial charge in [0, 0.05) is 29.7 Å². The van der Waals surface area contributed by atoms with Gasteiger partial charge in [-0.25, -0.2) is 17.2 Å². The normalized spacial score (nSPS) is 15.0. The van der Waals surface area contributed by atoms with Gasteiger partial charge in [0.05, 0.1) is 10.6 Å². The Balaban J connectivity index is 1.58. The molecule has 0 radical (unpaired) electrons. The fourth-order valence-corrected chi connectivity index (χ4v) is 4.96. The van der Waals surface area contributed by atoms with Crippen LogP contribution in [0.15, 0.2) is 52.3 Å². The Morgan fingerprint density at radius 3 is 2.37 bits per heavy atom. The summed E-state index contributed by atoms with van der Waals surface area (Å²) in [4.78, 5) is 12.4. The van der Waals surface area contributed by atoms with Gasteiger partial charge in [-0.05, 0) is 49.2 Å². The van der Waals surface area contributed by atoms with E-state index in [4.69, 9.17) is 0 Å². The van der Waals surface area contributed by atoms with Crippen molar-refractivity contribution >= 4 is 33.4 Å². The average molecular weight is 412 g/mol. The van der Waals surface area contributed by atoms with Crippen molar-refractivity contribution in [3.63, 3.8) is 0 Å². The summed E-state index contributed by atoms with van der Waals surface area (Å²) in [7, 11) is -3.49. The zero-order valence-corrected chi connectivity index (χ0v) is 16.0. The van der Waals surface area contributed by atoms with Gasteiger partial charge in [0.1, 0.15) is 11.6 Å². The van der Waals surface area contributed by atoms with Crippen LogP contribution in [0, 0.1) is 11.6 Å². The monoisotopic (exact) mass is 412 g/mol. The van der Waals surface area contributed by atoms with Gasteiger partial charge in [-0.2, -0.15) is 4.31 Å². The molecule has 0 saturated carbocycles. The third-order valence-corrected chi connectivity index (χ3v) is 7.06. The van der Waals surface area contributed by atoms with Gasteiger partial charge >= 0.3 is 0 Å². The molecule has 3 rings (SSSR count). The molecule has 0 bridgehead atoms. The lowest BCUT2D eigenvalue weighted by atomic mass is 10.3. The van der Waals surface area contributed by atoms with Gasteiger partial charge in [0.2, 0.25) is 15.9 Å².